The van der Waals surface area contributed by atoms with E-state index in [4.69, 9.17) is 10.5 Å². The molecule has 1 fully saturated rings. The van der Waals surface area contributed by atoms with Crippen LogP contribution in [0, 0.1) is 5.82 Å². The molecule has 104 valence electrons. The molecule has 0 unspecified atom stereocenters. The molecule has 1 aromatic carbocycles. The zero-order valence-electron chi connectivity index (χ0n) is 11.1. The van der Waals surface area contributed by atoms with Crippen LogP contribution in [0.3, 0.4) is 0 Å². The van der Waals surface area contributed by atoms with Crippen LogP contribution < -0.4 is 5.73 Å². The lowest BCUT2D eigenvalue weighted by Crippen LogP contribution is -2.39. The van der Waals surface area contributed by atoms with E-state index in [9.17, 15) is 9.18 Å². The quantitative estimate of drug-likeness (QED) is 0.899. The van der Waals surface area contributed by atoms with Gasteiger partial charge in [-0.3, -0.25) is 4.79 Å². The Morgan fingerprint density at radius 2 is 2.37 bits per heavy atom. The van der Waals surface area contributed by atoms with E-state index in [1.54, 1.807) is 11.0 Å². The fourth-order valence-corrected chi connectivity index (χ4v) is 2.49. The zero-order valence-corrected chi connectivity index (χ0v) is 11.1. The topological polar surface area (TPSA) is 55.6 Å². The molecule has 5 heteroatoms. The van der Waals surface area contributed by atoms with E-state index in [1.807, 2.05) is 0 Å². The smallest absolute Gasteiger partial charge is 0.254 e. The fraction of sp³-hybridized carbons (Fsp3) is 0.500. The largest absolute Gasteiger partial charge is 0.380 e. The van der Waals surface area contributed by atoms with Gasteiger partial charge in [0.2, 0.25) is 0 Å². The molecular formula is C14H19FN2O2. The number of nitrogens with two attached hydrogens (primary N) is 1. The van der Waals surface area contributed by atoms with Gasteiger partial charge in [0.15, 0.2) is 0 Å². The van der Waals surface area contributed by atoms with Crippen molar-refractivity contribution in [3.63, 3.8) is 0 Å². The van der Waals surface area contributed by atoms with Gasteiger partial charge in [0.25, 0.3) is 5.91 Å². The maximum Gasteiger partial charge on any atom is 0.254 e. The van der Waals surface area contributed by atoms with Crippen LogP contribution in [-0.4, -0.2) is 37.0 Å². The van der Waals surface area contributed by atoms with Crippen molar-refractivity contribution in [1.82, 2.24) is 4.90 Å². The van der Waals surface area contributed by atoms with Gasteiger partial charge in [-0.15, -0.1) is 0 Å². The molecule has 1 aromatic rings. The first-order valence-corrected chi connectivity index (χ1v) is 6.45. The lowest BCUT2D eigenvalue weighted by Gasteiger charge is -2.23. The highest BCUT2D eigenvalue weighted by molar-refractivity contribution is 5.94. The summed E-state index contributed by atoms with van der Waals surface area (Å²) in [7, 11) is 1.50. The number of carbonyl (C=O) groups is 1. The third kappa shape index (κ3) is 2.93. The molecule has 19 heavy (non-hydrogen) atoms. The lowest BCUT2D eigenvalue weighted by molar-refractivity contribution is 0.0740. The molecule has 1 saturated heterocycles. The molecule has 1 aliphatic rings. The number of hydrogen-bond acceptors (Lipinski definition) is 3. The Bertz CT molecular complexity index is 465. The van der Waals surface area contributed by atoms with E-state index >= 15 is 0 Å². The number of halogens is 1. The number of benzene rings is 1. The molecule has 1 amide bonds. The van der Waals surface area contributed by atoms with Crippen LogP contribution >= 0.6 is 0 Å². The number of ether oxygens (including phenoxy) is 1. The summed E-state index contributed by atoms with van der Waals surface area (Å²) < 4.78 is 18.4. The van der Waals surface area contributed by atoms with Gasteiger partial charge in [-0.2, -0.15) is 0 Å². The van der Waals surface area contributed by atoms with E-state index in [1.165, 1.54) is 19.2 Å². The second-order valence-electron chi connectivity index (χ2n) is 4.77. The molecule has 0 aliphatic carbocycles. The summed E-state index contributed by atoms with van der Waals surface area (Å²) in [5, 5.41) is 0. The molecule has 1 atom stereocenters. The Morgan fingerprint density at radius 3 is 3.05 bits per heavy atom. The SMILES string of the molecule is COCc1cc(C(=O)N2CCC[C@H]2CN)ccc1F. The molecule has 1 heterocycles. The third-order valence-corrected chi connectivity index (χ3v) is 3.50. The monoisotopic (exact) mass is 266 g/mol. The number of likely N-dealkylation sites (tertiary alicyclic amines) is 1. The van der Waals surface area contributed by atoms with Gasteiger partial charge < -0.3 is 15.4 Å². The van der Waals surface area contributed by atoms with Gasteiger partial charge in [-0.1, -0.05) is 0 Å². The first-order chi connectivity index (χ1) is 9.17. The molecule has 0 radical (unpaired) electrons. The van der Waals surface area contributed by atoms with E-state index in [-0.39, 0.29) is 24.4 Å². The number of nitrogens with zero attached hydrogens (tertiary/aromatic N) is 1. The van der Waals surface area contributed by atoms with Crippen LogP contribution in [0.15, 0.2) is 18.2 Å². The molecule has 0 spiro atoms. The van der Waals surface area contributed by atoms with Gasteiger partial charge in [-0.05, 0) is 31.0 Å². The molecule has 0 saturated carbocycles. The third-order valence-electron chi connectivity index (χ3n) is 3.50. The maximum absolute atomic E-state index is 13.5. The Labute approximate surface area is 112 Å². The second-order valence-corrected chi connectivity index (χ2v) is 4.77. The fourth-order valence-electron chi connectivity index (χ4n) is 2.49. The highest BCUT2D eigenvalue weighted by Gasteiger charge is 2.28. The van der Waals surface area contributed by atoms with E-state index < -0.39 is 0 Å². The molecule has 4 nitrogen and oxygen atoms in total. The minimum Gasteiger partial charge on any atom is -0.380 e. The summed E-state index contributed by atoms with van der Waals surface area (Å²) in [6.45, 7) is 1.35. The van der Waals surface area contributed by atoms with Gasteiger partial charge in [0, 0.05) is 37.4 Å². The van der Waals surface area contributed by atoms with Crippen molar-refractivity contribution in [2.24, 2.45) is 5.73 Å². The van der Waals surface area contributed by atoms with Crippen molar-refractivity contribution in [3.8, 4) is 0 Å². The van der Waals surface area contributed by atoms with Crippen molar-refractivity contribution >= 4 is 5.91 Å². The highest BCUT2D eigenvalue weighted by Crippen LogP contribution is 2.20. The van der Waals surface area contributed by atoms with Crippen molar-refractivity contribution < 1.29 is 13.9 Å². The Hall–Kier alpha value is -1.46. The predicted molar refractivity (Wildman–Crippen MR) is 70.2 cm³/mol. The minimum atomic E-state index is -0.352. The van der Waals surface area contributed by atoms with Crippen molar-refractivity contribution in [2.45, 2.75) is 25.5 Å². The lowest BCUT2D eigenvalue weighted by atomic mass is 10.1. The van der Waals surface area contributed by atoms with Gasteiger partial charge in [0.1, 0.15) is 5.82 Å². The molecule has 2 rings (SSSR count). The number of amides is 1. The summed E-state index contributed by atoms with van der Waals surface area (Å²) in [5.74, 6) is -0.430. The van der Waals surface area contributed by atoms with Gasteiger partial charge in [0.05, 0.1) is 6.61 Å². The molecular weight excluding hydrogens is 247 g/mol. The average Bonchev–Trinajstić information content (AvgIpc) is 2.89. The van der Waals surface area contributed by atoms with Gasteiger partial charge >= 0.3 is 0 Å². The van der Waals surface area contributed by atoms with Crippen LogP contribution in [-0.2, 0) is 11.3 Å². The number of methoxy groups -OCH3 is 1. The van der Waals surface area contributed by atoms with Crippen LogP contribution in [0.1, 0.15) is 28.8 Å². The van der Waals surface area contributed by atoms with Crippen LogP contribution in [0.4, 0.5) is 4.39 Å². The molecule has 0 bridgehead atoms. The van der Waals surface area contributed by atoms with E-state index in [0.717, 1.165) is 19.4 Å². The summed E-state index contributed by atoms with van der Waals surface area (Å²) in [6, 6.07) is 4.49. The first-order valence-electron chi connectivity index (χ1n) is 6.45. The second kappa shape index (κ2) is 6.12. The molecule has 0 aromatic heterocycles. The predicted octanol–water partition coefficient (Wildman–Crippen LogP) is 1.54. The standard InChI is InChI=1S/C14H19FN2O2/c1-19-9-11-7-10(4-5-13(11)15)14(18)17-6-2-3-12(17)8-16/h4-5,7,12H,2-3,6,8-9,16H2,1H3/t12-/m0/s1. The van der Waals surface area contributed by atoms with Crippen LogP contribution in [0.2, 0.25) is 0 Å². The van der Waals surface area contributed by atoms with Crippen molar-refractivity contribution in [1.29, 1.82) is 0 Å². The highest BCUT2D eigenvalue weighted by atomic mass is 19.1. The maximum atomic E-state index is 13.5. The molecule has 1 aliphatic heterocycles. The van der Waals surface area contributed by atoms with Crippen molar-refractivity contribution in [3.05, 3.63) is 35.1 Å². The Kier molecular flexibility index (Phi) is 4.50. The first kappa shape index (κ1) is 14.0. The number of rotatable bonds is 4. The number of carbonyl (C=O) groups excluding carboxylic acids is 1. The number of hydrogen-bond donors (Lipinski definition) is 1. The van der Waals surface area contributed by atoms with Crippen LogP contribution in [0.5, 0.6) is 0 Å². The van der Waals surface area contributed by atoms with Crippen molar-refractivity contribution in [2.75, 3.05) is 20.2 Å². The normalized spacial score (nSPS) is 18.9. The van der Waals surface area contributed by atoms with E-state index in [2.05, 4.69) is 0 Å². The summed E-state index contributed by atoms with van der Waals surface area (Å²) in [6.07, 6.45) is 1.91. The average molecular weight is 266 g/mol. The summed E-state index contributed by atoms with van der Waals surface area (Å²) in [4.78, 5) is 14.2. The summed E-state index contributed by atoms with van der Waals surface area (Å²) >= 11 is 0. The Balaban J connectivity index is 2.21. The summed E-state index contributed by atoms with van der Waals surface area (Å²) in [5.41, 5.74) is 6.56. The minimum absolute atomic E-state index is 0.0784. The van der Waals surface area contributed by atoms with Crippen LogP contribution in [0.25, 0.3) is 0 Å². The Morgan fingerprint density at radius 1 is 1.58 bits per heavy atom. The molecule has 2 N–H and O–H groups in total. The van der Waals surface area contributed by atoms with E-state index in [0.29, 0.717) is 17.7 Å². The van der Waals surface area contributed by atoms with Gasteiger partial charge in [-0.25, -0.2) is 4.39 Å². The zero-order chi connectivity index (χ0) is 13.8.